The molecule has 134 valence electrons. The van der Waals surface area contributed by atoms with Gasteiger partial charge in [0.2, 0.25) is 5.91 Å². The Hall–Kier alpha value is -2.44. The Morgan fingerprint density at radius 2 is 1.77 bits per heavy atom. The molecule has 26 heavy (non-hydrogen) atoms. The van der Waals surface area contributed by atoms with Gasteiger partial charge in [-0.05, 0) is 30.2 Å². The van der Waals surface area contributed by atoms with Gasteiger partial charge in [-0.3, -0.25) is 9.59 Å². The van der Waals surface area contributed by atoms with Crippen molar-refractivity contribution in [3.8, 4) is 0 Å². The number of thiophene rings is 1. The number of amides is 2. The summed E-state index contributed by atoms with van der Waals surface area (Å²) >= 11 is 7.55. The van der Waals surface area contributed by atoms with Crippen molar-refractivity contribution in [2.45, 2.75) is 6.42 Å². The van der Waals surface area contributed by atoms with Crippen LogP contribution in [0.25, 0.3) is 10.1 Å². The van der Waals surface area contributed by atoms with Gasteiger partial charge in [0.25, 0.3) is 5.91 Å². The van der Waals surface area contributed by atoms with Crippen LogP contribution in [0.5, 0.6) is 0 Å². The molecule has 0 aliphatic carbocycles. The quantitative estimate of drug-likeness (QED) is 0.673. The topological polar surface area (TPSA) is 58.2 Å². The molecule has 0 aliphatic heterocycles. The Kier molecular flexibility index (Phi) is 5.85. The maximum atomic E-state index is 12.8. The first-order valence-corrected chi connectivity index (χ1v) is 9.20. The average Bonchev–Trinajstić information content (AvgIpc) is 2.98. The summed E-state index contributed by atoms with van der Waals surface area (Å²) in [5.74, 6) is -0.956. The highest BCUT2D eigenvalue weighted by Gasteiger charge is 2.17. The number of hydrogen-bond acceptors (Lipinski definition) is 3. The number of carbonyl (C=O) groups is 2. The number of carbonyl (C=O) groups excluding carboxylic acids is 2. The lowest BCUT2D eigenvalue weighted by molar-refractivity contribution is -0.120. The predicted molar refractivity (Wildman–Crippen MR) is 102 cm³/mol. The molecule has 0 saturated carbocycles. The zero-order valence-corrected chi connectivity index (χ0v) is 15.3. The molecule has 0 aliphatic rings. The minimum Gasteiger partial charge on any atom is -0.354 e. The van der Waals surface area contributed by atoms with Crippen molar-refractivity contribution in [3.05, 3.63) is 69.8 Å². The molecule has 0 atom stereocenters. The van der Waals surface area contributed by atoms with E-state index in [0.717, 1.165) is 15.6 Å². The van der Waals surface area contributed by atoms with Crippen LogP contribution < -0.4 is 10.6 Å². The lowest BCUT2D eigenvalue weighted by atomic mass is 10.1. The second kappa shape index (κ2) is 8.29. The molecule has 0 radical (unpaired) electrons. The molecule has 4 nitrogen and oxygen atoms in total. The van der Waals surface area contributed by atoms with Crippen molar-refractivity contribution in [1.82, 2.24) is 10.6 Å². The van der Waals surface area contributed by atoms with E-state index in [1.807, 2.05) is 24.3 Å². The maximum Gasteiger partial charge on any atom is 0.263 e. The summed E-state index contributed by atoms with van der Waals surface area (Å²) in [6.45, 7) is 0.275. The molecule has 1 aromatic heterocycles. The normalized spacial score (nSPS) is 10.7. The maximum absolute atomic E-state index is 12.8. The minimum atomic E-state index is -0.370. The molecule has 0 saturated heterocycles. The van der Waals surface area contributed by atoms with Crippen molar-refractivity contribution < 1.29 is 14.0 Å². The van der Waals surface area contributed by atoms with E-state index in [9.17, 15) is 14.0 Å². The van der Waals surface area contributed by atoms with Crippen LogP contribution in [-0.4, -0.2) is 24.9 Å². The van der Waals surface area contributed by atoms with Crippen molar-refractivity contribution in [3.63, 3.8) is 0 Å². The molecule has 2 aromatic carbocycles. The van der Waals surface area contributed by atoms with E-state index in [-0.39, 0.29) is 24.2 Å². The van der Waals surface area contributed by atoms with Gasteiger partial charge >= 0.3 is 0 Å². The van der Waals surface area contributed by atoms with Crippen LogP contribution in [0.4, 0.5) is 4.39 Å². The molecular formula is C19H16ClFN2O2S. The molecule has 1 heterocycles. The third-order valence-electron chi connectivity index (χ3n) is 3.80. The number of halogens is 2. The first-order chi connectivity index (χ1) is 12.5. The zero-order chi connectivity index (χ0) is 18.5. The van der Waals surface area contributed by atoms with Gasteiger partial charge in [0, 0.05) is 16.6 Å². The van der Waals surface area contributed by atoms with E-state index >= 15 is 0 Å². The second-order valence-electron chi connectivity index (χ2n) is 5.65. The first-order valence-electron chi connectivity index (χ1n) is 8.01. The van der Waals surface area contributed by atoms with Crippen molar-refractivity contribution in [2.75, 3.05) is 13.1 Å². The largest absolute Gasteiger partial charge is 0.354 e. The number of benzene rings is 2. The fourth-order valence-electron chi connectivity index (χ4n) is 2.46. The van der Waals surface area contributed by atoms with Gasteiger partial charge in [-0.2, -0.15) is 0 Å². The highest BCUT2D eigenvalue weighted by Crippen LogP contribution is 2.34. The van der Waals surface area contributed by atoms with Crippen LogP contribution in [0.2, 0.25) is 5.02 Å². The summed E-state index contributed by atoms with van der Waals surface area (Å²) in [5.41, 5.74) is 0.924. The summed E-state index contributed by atoms with van der Waals surface area (Å²) in [7, 11) is 0. The van der Waals surface area contributed by atoms with Gasteiger partial charge in [0.1, 0.15) is 10.7 Å². The Morgan fingerprint density at radius 3 is 2.50 bits per heavy atom. The highest BCUT2D eigenvalue weighted by molar-refractivity contribution is 7.21. The molecule has 0 spiro atoms. The SMILES string of the molecule is O=C(CNC(=O)c1sc2ccccc2c1Cl)NCCc1ccc(F)cc1. The van der Waals surface area contributed by atoms with E-state index < -0.39 is 0 Å². The summed E-state index contributed by atoms with van der Waals surface area (Å²) in [5, 5.41) is 6.53. The van der Waals surface area contributed by atoms with Crippen molar-refractivity contribution in [2.24, 2.45) is 0 Å². The number of nitrogens with one attached hydrogen (secondary N) is 2. The van der Waals surface area contributed by atoms with Crippen LogP contribution in [0.3, 0.4) is 0 Å². The van der Waals surface area contributed by atoms with E-state index in [1.54, 1.807) is 12.1 Å². The molecule has 0 fully saturated rings. The number of rotatable bonds is 6. The van der Waals surface area contributed by atoms with Gasteiger partial charge < -0.3 is 10.6 Å². The lowest BCUT2D eigenvalue weighted by Gasteiger charge is -2.07. The molecule has 7 heteroatoms. The Balaban J connectivity index is 1.48. The Morgan fingerprint density at radius 1 is 1.04 bits per heavy atom. The van der Waals surface area contributed by atoms with Crippen LogP contribution in [0.1, 0.15) is 15.2 Å². The van der Waals surface area contributed by atoms with Crippen LogP contribution in [0.15, 0.2) is 48.5 Å². The highest BCUT2D eigenvalue weighted by atomic mass is 35.5. The molecule has 3 rings (SSSR count). The van der Waals surface area contributed by atoms with Crippen LogP contribution >= 0.6 is 22.9 Å². The summed E-state index contributed by atoms with van der Waals surface area (Å²) in [4.78, 5) is 24.5. The van der Waals surface area contributed by atoms with E-state index in [1.165, 1.54) is 23.5 Å². The molecular weight excluding hydrogens is 375 g/mol. The molecule has 2 N–H and O–H groups in total. The molecule has 2 amide bonds. The second-order valence-corrected chi connectivity index (χ2v) is 7.08. The van der Waals surface area contributed by atoms with Crippen LogP contribution in [-0.2, 0) is 11.2 Å². The van der Waals surface area contributed by atoms with Gasteiger partial charge in [0.15, 0.2) is 0 Å². The fraction of sp³-hybridized carbons (Fsp3) is 0.158. The van der Waals surface area contributed by atoms with Crippen LogP contribution in [0, 0.1) is 5.82 Å². The molecule has 0 bridgehead atoms. The van der Waals surface area contributed by atoms with E-state index in [4.69, 9.17) is 11.6 Å². The minimum absolute atomic E-state index is 0.132. The van der Waals surface area contributed by atoms with E-state index in [0.29, 0.717) is 22.9 Å². The zero-order valence-electron chi connectivity index (χ0n) is 13.7. The standard InChI is InChI=1S/C19H16ClFN2O2S/c20-17-14-3-1-2-4-15(14)26-18(17)19(25)23-11-16(24)22-10-9-12-5-7-13(21)8-6-12/h1-8H,9-11H2,(H,22,24)(H,23,25). The van der Waals surface area contributed by atoms with Gasteiger partial charge in [-0.15, -0.1) is 11.3 Å². The third-order valence-corrected chi connectivity index (χ3v) is 5.47. The fourth-order valence-corrected chi connectivity index (χ4v) is 3.89. The number of fused-ring (bicyclic) bond motifs is 1. The van der Waals surface area contributed by atoms with Gasteiger partial charge in [-0.25, -0.2) is 4.39 Å². The monoisotopic (exact) mass is 390 g/mol. The predicted octanol–water partition coefficient (Wildman–Crippen LogP) is 3.78. The van der Waals surface area contributed by atoms with Crippen molar-refractivity contribution in [1.29, 1.82) is 0 Å². The van der Waals surface area contributed by atoms with Gasteiger partial charge in [-0.1, -0.05) is 41.9 Å². The Bertz CT molecular complexity index is 940. The Labute approximate surface area is 159 Å². The third kappa shape index (κ3) is 4.39. The van der Waals surface area contributed by atoms with Gasteiger partial charge in [0.05, 0.1) is 11.6 Å². The molecule has 0 unspecified atom stereocenters. The summed E-state index contributed by atoms with van der Waals surface area (Å²) in [6.07, 6.45) is 0.585. The average molecular weight is 391 g/mol. The summed E-state index contributed by atoms with van der Waals surface area (Å²) < 4.78 is 13.8. The number of hydrogen-bond donors (Lipinski definition) is 2. The smallest absolute Gasteiger partial charge is 0.263 e. The lowest BCUT2D eigenvalue weighted by Crippen LogP contribution is -2.37. The first kappa shape index (κ1) is 18.4. The summed E-state index contributed by atoms with van der Waals surface area (Å²) in [6, 6.07) is 13.6. The van der Waals surface area contributed by atoms with Crippen molar-refractivity contribution >= 4 is 44.8 Å². The van der Waals surface area contributed by atoms with E-state index in [2.05, 4.69) is 10.6 Å². The molecule has 3 aromatic rings.